The maximum absolute atomic E-state index is 12.5. The maximum atomic E-state index is 12.5. The summed E-state index contributed by atoms with van der Waals surface area (Å²) < 4.78 is 37.6. The number of halogens is 3. The molecule has 1 fully saturated rings. The molecule has 0 radical (unpaired) electrons. The minimum atomic E-state index is -4.39. The molecule has 2 heterocycles. The number of pyridine rings is 1. The van der Waals surface area contributed by atoms with E-state index in [-0.39, 0.29) is 6.04 Å². The first-order valence-corrected chi connectivity index (χ1v) is 7.82. The van der Waals surface area contributed by atoms with Crippen LogP contribution in [0.2, 0.25) is 0 Å². The first-order chi connectivity index (χ1) is 11.9. The Morgan fingerprint density at radius 3 is 2.56 bits per heavy atom. The van der Waals surface area contributed by atoms with Gasteiger partial charge in [0.05, 0.1) is 5.56 Å². The molecule has 0 saturated carbocycles. The third-order valence-corrected chi connectivity index (χ3v) is 3.97. The van der Waals surface area contributed by atoms with Gasteiger partial charge in [0.15, 0.2) is 0 Å². The number of aromatic nitrogens is 1. The van der Waals surface area contributed by atoms with Gasteiger partial charge >= 0.3 is 12.2 Å². The number of benzene rings is 1. The van der Waals surface area contributed by atoms with E-state index in [2.05, 4.69) is 20.5 Å². The minimum absolute atomic E-state index is 0.0449. The highest BCUT2D eigenvalue weighted by Crippen LogP contribution is 2.29. The number of amides is 2. The summed E-state index contributed by atoms with van der Waals surface area (Å²) in [6, 6.07) is 9.51. The molecule has 1 aliphatic rings. The van der Waals surface area contributed by atoms with E-state index < -0.39 is 17.8 Å². The highest BCUT2D eigenvalue weighted by Gasteiger charge is 2.30. The van der Waals surface area contributed by atoms with Gasteiger partial charge in [-0.2, -0.15) is 13.2 Å². The Balaban J connectivity index is 1.52. The summed E-state index contributed by atoms with van der Waals surface area (Å²) in [5.41, 5.74) is -0.440. The van der Waals surface area contributed by atoms with E-state index in [0.717, 1.165) is 30.9 Å². The molecule has 2 aromatic rings. The van der Waals surface area contributed by atoms with Crippen molar-refractivity contribution in [3.63, 3.8) is 0 Å². The molecular weight excluding hydrogens is 333 g/mol. The van der Waals surface area contributed by atoms with E-state index >= 15 is 0 Å². The number of anilines is 2. The Morgan fingerprint density at radius 1 is 1.16 bits per heavy atom. The number of nitrogens with one attached hydrogen (secondary N) is 2. The molecule has 1 saturated heterocycles. The lowest BCUT2D eigenvalue weighted by Crippen LogP contribution is -2.39. The molecule has 8 heteroatoms. The average molecular weight is 350 g/mol. The van der Waals surface area contributed by atoms with Crippen LogP contribution in [-0.2, 0) is 6.18 Å². The van der Waals surface area contributed by atoms with Gasteiger partial charge in [0.25, 0.3) is 0 Å². The quantitative estimate of drug-likeness (QED) is 0.891. The van der Waals surface area contributed by atoms with Gasteiger partial charge in [0.1, 0.15) is 5.82 Å². The second kappa shape index (κ2) is 7.00. The lowest BCUT2D eigenvalue weighted by molar-refractivity contribution is -0.137. The largest absolute Gasteiger partial charge is 0.416 e. The molecule has 2 N–H and O–H groups in total. The molecule has 2 amide bonds. The van der Waals surface area contributed by atoms with Crippen LogP contribution in [-0.4, -0.2) is 30.1 Å². The molecule has 1 aromatic carbocycles. The van der Waals surface area contributed by atoms with Crippen LogP contribution in [0.4, 0.5) is 29.5 Å². The van der Waals surface area contributed by atoms with Crippen molar-refractivity contribution in [2.24, 2.45) is 0 Å². The van der Waals surface area contributed by atoms with Crippen LogP contribution < -0.4 is 15.5 Å². The number of rotatable bonds is 3. The predicted molar refractivity (Wildman–Crippen MR) is 88.5 cm³/mol. The van der Waals surface area contributed by atoms with Gasteiger partial charge < -0.3 is 15.5 Å². The molecule has 1 atom stereocenters. The highest BCUT2D eigenvalue weighted by molar-refractivity contribution is 5.89. The van der Waals surface area contributed by atoms with Crippen molar-refractivity contribution in [2.75, 3.05) is 23.3 Å². The molecule has 0 bridgehead atoms. The monoisotopic (exact) mass is 350 g/mol. The maximum Gasteiger partial charge on any atom is 0.416 e. The molecule has 1 aliphatic heterocycles. The van der Waals surface area contributed by atoms with E-state index in [1.807, 2.05) is 18.2 Å². The van der Waals surface area contributed by atoms with Gasteiger partial charge in [-0.3, -0.25) is 0 Å². The van der Waals surface area contributed by atoms with Gasteiger partial charge in [-0.1, -0.05) is 6.07 Å². The Morgan fingerprint density at radius 2 is 1.92 bits per heavy atom. The van der Waals surface area contributed by atoms with Crippen LogP contribution >= 0.6 is 0 Å². The Bertz CT molecular complexity index is 719. The van der Waals surface area contributed by atoms with Gasteiger partial charge in [-0.05, 0) is 42.8 Å². The molecule has 0 aliphatic carbocycles. The molecule has 132 valence electrons. The molecule has 3 rings (SSSR count). The fourth-order valence-corrected chi connectivity index (χ4v) is 2.72. The number of hydrogen-bond donors (Lipinski definition) is 2. The predicted octanol–water partition coefficient (Wildman–Crippen LogP) is 3.50. The summed E-state index contributed by atoms with van der Waals surface area (Å²) >= 11 is 0. The minimum Gasteiger partial charge on any atom is -0.354 e. The van der Waals surface area contributed by atoms with Crippen LogP contribution in [0.3, 0.4) is 0 Å². The zero-order chi connectivity index (χ0) is 17.9. The number of carbonyl (C=O) groups is 1. The zero-order valence-electron chi connectivity index (χ0n) is 13.3. The second-order valence-corrected chi connectivity index (χ2v) is 5.79. The normalized spacial score (nSPS) is 17.4. The fourth-order valence-electron chi connectivity index (χ4n) is 2.72. The van der Waals surface area contributed by atoms with Crippen molar-refractivity contribution in [3.8, 4) is 0 Å². The van der Waals surface area contributed by atoms with Crippen molar-refractivity contribution in [3.05, 3.63) is 54.2 Å². The van der Waals surface area contributed by atoms with Crippen molar-refractivity contribution in [1.29, 1.82) is 0 Å². The summed E-state index contributed by atoms with van der Waals surface area (Å²) in [7, 11) is 0. The van der Waals surface area contributed by atoms with E-state index in [9.17, 15) is 18.0 Å². The third kappa shape index (κ3) is 4.40. The summed E-state index contributed by atoms with van der Waals surface area (Å²) in [5.74, 6) is 0.856. The SMILES string of the molecule is O=C(Nc1ccc(C(F)(F)F)cc1)N[C@H]1CCN(c2ccccn2)C1. The molecule has 5 nitrogen and oxygen atoms in total. The number of alkyl halides is 3. The summed E-state index contributed by atoms with van der Waals surface area (Å²) in [5, 5.41) is 5.38. The molecule has 0 spiro atoms. The van der Waals surface area contributed by atoms with Crippen LogP contribution in [0.1, 0.15) is 12.0 Å². The number of urea groups is 1. The van der Waals surface area contributed by atoms with Crippen LogP contribution in [0.25, 0.3) is 0 Å². The number of carbonyl (C=O) groups excluding carboxylic acids is 1. The van der Waals surface area contributed by atoms with Crippen LogP contribution in [0.15, 0.2) is 48.7 Å². The first kappa shape index (κ1) is 17.1. The average Bonchev–Trinajstić information content (AvgIpc) is 3.03. The smallest absolute Gasteiger partial charge is 0.354 e. The number of nitrogens with zero attached hydrogens (tertiary/aromatic N) is 2. The lowest BCUT2D eigenvalue weighted by atomic mass is 10.2. The lowest BCUT2D eigenvalue weighted by Gasteiger charge is -2.18. The van der Waals surface area contributed by atoms with E-state index in [1.54, 1.807) is 6.20 Å². The highest BCUT2D eigenvalue weighted by atomic mass is 19.4. The van der Waals surface area contributed by atoms with Crippen LogP contribution in [0.5, 0.6) is 0 Å². The number of hydrogen-bond acceptors (Lipinski definition) is 3. The zero-order valence-corrected chi connectivity index (χ0v) is 13.3. The second-order valence-electron chi connectivity index (χ2n) is 5.79. The van der Waals surface area contributed by atoms with E-state index in [1.165, 1.54) is 12.1 Å². The van der Waals surface area contributed by atoms with Gasteiger partial charge in [0, 0.05) is 31.0 Å². The van der Waals surface area contributed by atoms with Crippen molar-refractivity contribution < 1.29 is 18.0 Å². The molecule has 0 unspecified atom stereocenters. The summed E-state index contributed by atoms with van der Waals surface area (Å²) in [6.07, 6.45) is -1.90. The molecule has 1 aromatic heterocycles. The summed E-state index contributed by atoms with van der Waals surface area (Å²) in [4.78, 5) is 18.4. The van der Waals surface area contributed by atoms with E-state index in [0.29, 0.717) is 12.2 Å². The van der Waals surface area contributed by atoms with E-state index in [4.69, 9.17) is 0 Å². The van der Waals surface area contributed by atoms with Crippen molar-refractivity contribution >= 4 is 17.5 Å². The van der Waals surface area contributed by atoms with Crippen molar-refractivity contribution in [2.45, 2.75) is 18.6 Å². The standard InChI is InChI=1S/C17H17F3N4O/c18-17(19,20)12-4-6-13(7-5-12)22-16(25)23-14-8-10-24(11-14)15-3-1-2-9-21-15/h1-7,9,14H,8,10-11H2,(H2,22,23,25)/t14-/m0/s1. The summed E-state index contributed by atoms with van der Waals surface area (Å²) in [6.45, 7) is 1.42. The third-order valence-electron chi connectivity index (χ3n) is 3.97. The van der Waals surface area contributed by atoms with Crippen molar-refractivity contribution in [1.82, 2.24) is 10.3 Å². The molecule has 25 heavy (non-hydrogen) atoms. The van der Waals surface area contributed by atoms with Gasteiger partial charge in [-0.25, -0.2) is 9.78 Å². The molecular formula is C17H17F3N4O. The Hall–Kier alpha value is -2.77. The fraction of sp³-hybridized carbons (Fsp3) is 0.294. The van der Waals surface area contributed by atoms with Crippen LogP contribution in [0, 0.1) is 0 Å². The van der Waals surface area contributed by atoms with Gasteiger partial charge in [-0.15, -0.1) is 0 Å². The Kier molecular flexibility index (Phi) is 4.78. The first-order valence-electron chi connectivity index (χ1n) is 7.82. The van der Waals surface area contributed by atoms with Gasteiger partial charge in [0.2, 0.25) is 0 Å². The Labute approximate surface area is 142 Å². The topological polar surface area (TPSA) is 57.3 Å².